The third-order valence-electron chi connectivity index (χ3n) is 6.91. The zero-order chi connectivity index (χ0) is 22.8. The van der Waals surface area contributed by atoms with E-state index < -0.39 is 5.97 Å². The molecule has 6 nitrogen and oxygen atoms in total. The van der Waals surface area contributed by atoms with Gasteiger partial charge in [0.25, 0.3) is 0 Å². The highest BCUT2D eigenvalue weighted by Crippen LogP contribution is 2.43. The zero-order valence-electron chi connectivity index (χ0n) is 18.6. The molecule has 0 radical (unpaired) electrons. The van der Waals surface area contributed by atoms with Crippen molar-refractivity contribution in [2.45, 2.75) is 38.1 Å². The van der Waals surface area contributed by atoms with E-state index >= 15 is 0 Å². The average Bonchev–Trinajstić information content (AvgIpc) is 3.25. The van der Waals surface area contributed by atoms with Crippen molar-refractivity contribution in [3.63, 3.8) is 0 Å². The Balaban J connectivity index is 1.78. The number of nitrogens with one attached hydrogen (secondary N) is 1. The van der Waals surface area contributed by atoms with Crippen LogP contribution in [0.25, 0.3) is 16.0 Å². The maximum atomic E-state index is 12.2. The Hall–Kier alpha value is -2.66. The lowest BCUT2D eigenvalue weighted by atomic mass is 9.77. The zero-order valence-corrected chi connectivity index (χ0v) is 19.5. The van der Waals surface area contributed by atoms with Crippen LogP contribution in [-0.4, -0.2) is 49.2 Å². The number of hydrogen-bond acceptors (Lipinski definition) is 6. The molecule has 1 fully saturated rings. The highest BCUT2D eigenvalue weighted by molar-refractivity contribution is 7.17. The molecule has 1 saturated carbocycles. The molecule has 2 heterocycles. The van der Waals surface area contributed by atoms with Gasteiger partial charge in [0, 0.05) is 35.3 Å². The number of nitrogen functional groups attached to an aromatic ring is 1. The standard InChI is InChI=1S/C25H30N4O2S/c1-28-18-6-3-15(4-7-18)21-14-29(2)10-9-19(21)20-12-23(32-24(20)25(30)31)16-5-8-22(27)17(11-16)13-26/h5,8,11-12,15,18,28H,3-4,6-7,9-10,14,27H2,1-2H3,(H,30,31). The number of hydrogen-bond donors (Lipinski definition) is 3. The Kier molecular flexibility index (Phi) is 6.66. The van der Waals surface area contributed by atoms with E-state index in [2.05, 4.69) is 23.3 Å². The van der Waals surface area contributed by atoms with Gasteiger partial charge in [0.05, 0.1) is 5.56 Å². The first kappa shape index (κ1) is 22.5. The molecule has 0 saturated heterocycles. The molecule has 2 aromatic rings. The lowest BCUT2D eigenvalue weighted by molar-refractivity contribution is 0.0702. The smallest absolute Gasteiger partial charge is 0.346 e. The Morgan fingerprint density at radius 2 is 2.03 bits per heavy atom. The Morgan fingerprint density at radius 1 is 1.28 bits per heavy atom. The van der Waals surface area contributed by atoms with Crippen molar-refractivity contribution in [3.8, 4) is 16.5 Å². The number of carboxylic acid groups (broad SMARTS) is 1. The number of benzene rings is 1. The van der Waals surface area contributed by atoms with Gasteiger partial charge in [0.2, 0.25) is 0 Å². The third-order valence-corrected chi connectivity index (χ3v) is 8.08. The summed E-state index contributed by atoms with van der Waals surface area (Å²) in [7, 11) is 4.18. The summed E-state index contributed by atoms with van der Waals surface area (Å²) in [5.41, 5.74) is 11.0. The van der Waals surface area contributed by atoms with E-state index in [4.69, 9.17) is 5.73 Å². The van der Waals surface area contributed by atoms with E-state index in [1.165, 1.54) is 22.5 Å². The molecular formula is C25H30N4O2S. The maximum Gasteiger partial charge on any atom is 0.346 e. The number of nitrogens with zero attached hydrogens (tertiary/aromatic N) is 2. The van der Waals surface area contributed by atoms with Crippen molar-refractivity contribution < 1.29 is 9.90 Å². The van der Waals surface area contributed by atoms with Gasteiger partial charge < -0.3 is 21.1 Å². The Morgan fingerprint density at radius 3 is 2.69 bits per heavy atom. The third kappa shape index (κ3) is 4.44. The van der Waals surface area contributed by atoms with Crippen LogP contribution < -0.4 is 11.1 Å². The van der Waals surface area contributed by atoms with Crippen LogP contribution in [0, 0.1) is 17.2 Å². The summed E-state index contributed by atoms with van der Waals surface area (Å²) >= 11 is 1.29. The van der Waals surface area contributed by atoms with E-state index in [1.54, 1.807) is 12.1 Å². The van der Waals surface area contributed by atoms with Gasteiger partial charge in [0.15, 0.2) is 0 Å². The van der Waals surface area contributed by atoms with Crippen LogP contribution in [0.5, 0.6) is 0 Å². The largest absolute Gasteiger partial charge is 0.477 e. The number of nitrogens with two attached hydrogens (primary N) is 1. The molecular weight excluding hydrogens is 420 g/mol. The topological polar surface area (TPSA) is 102 Å². The summed E-state index contributed by atoms with van der Waals surface area (Å²) in [5.74, 6) is -0.388. The molecule has 0 bridgehead atoms. The normalized spacial score (nSPS) is 22.0. The second-order valence-electron chi connectivity index (χ2n) is 8.90. The average molecular weight is 451 g/mol. The molecule has 0 unspecified atom stereocenters. The summed E-state index contributed by atoms with van der Waals surface area (Å²) in [6.45, 7) is 1.82. The quantitative estimate of drug-likeness (QED) is 0.582. The number of carbonyl (C=O) groups is 1. The molecule has 7 heteroatoms. The molecule has 4 rings (SSSR count). The summed E-state index contributed by atoms with van der Waals surface area (Å²) in [6.07, 6.45) is 5.46. The van der Waals surface area contributed by atoms with Crippen molar-refractivity contribution in [1.29, 1.82) is 5.26 Å². The van der Waals surface area contributed by atoms with Crippen molar-refractivity contribution in [3.05, 3.63) is 45.8 Å². The predicted molar refractivity (Wildman–Crippen MR) is 130 cm³/mol. The van der Waals surface area contributed by atoms with Crippen molar-refractivity contribution in [2.75, 3.05) is 32.9 Å². The molecule has 0 amide bonds. The van der Waals surface area contributed by atoms with Crippen molar-refractivity contribution >= 4 is 28.6 Å². The number of carboxylic acids is 1. The molecule has 1 aliphatic heterocycles. The van der Waals surface area contributed by atoms with Gasteiger partial charge in [-0.05, 0) is 87.0 Å². The number of rotatable bonds is 5. The van der Waals surface area contributed by atoms with Crippen LogP contribution in [0.3, 0.4) is 0 Å². The minimum atomic E-state index is -0.892. The lowest BCUT2D eigenvalue weighted by Gasteiger charge is -2.36. The van der Waals surface area contributed by atoms with Gasteiger partial charge in [-0.1, -0.05) is 6.07 Å². The number of likely N-dealkylation sites (N-methyl/N-ethyl adjacent to an activating group) is 1. The first-order valence-electron chi connectivity index (χ1n) is 11.2. The fourth-order valence-electron chi connectivity index (χ4n) is 5.06. The summed E-state index contributed by atoms with van der Waals surface area (Å²) < 4.78 is 0. The first-order valence-corrected chi connectivity index (χ1v) is 12.0. The van der Waals surface area contributed by atoms with Crippen molar-refractivity contribution in [2.24, 2.45) is 5.92 Å². The minimum Gasteiger partial charge on any atom is -0.477 e. The molecule has 1 aromatic carbocycles. The second kappa shape index (κ2) is 9.45. The van der Waals surface area contributed by atoms with Crippen LogP contribution >= 0.6 is 11.3 Å². The molecule has 2 aliphatic rings. The number of thiophene rings is 1. The Labute approximate surface area is 193 Å². The van der Waals surface area contributed by atoms with E-state index in [0.717, 1.165) is 61.2 Å². The highest BCUT2D eigenvalue weighted by Gasteiger charge is 2.30. The SMILES string of the molecule is CNC1CCC(C2=C(c3cc(-c4ccc(N)c(C#N)c4)sc3C(=O)O)CCN(C)C2)CC1. The summed E-state index contributed by atoms with van der Waals surface area (Å²) in [5, 5.41) is 22.8. The molecule has 32 heavy (non-hydrogen) atoms. The van der Waals surface area contributed by atoms with Crippen LogP contribution in [0.2, 0.25) is 0 Å². The van der Waals surface area contributed by atoms with E-state index in [9.17, 15) is 15.2 Å². The highest BCUT2D eigenvalue weighted by atomic mass is 32.1. The molecule has 0 spiro atoms. The fraction of sp³-hybridized carbons (Fsp3) is 0.440. The first-order chi connectivity index (χ1) is 15.4. The van der Waals surface area contributed by atoms with E-state index in [1.807, 2.05) is 19.2 Å². The maximum absolute atomic E-state index is 12.2. The summed E-state index contributed by atoms with van der Waals surface area (Å²) in [6, 6.07) is 10.0. The molecule has 1 aliphatic carbocycles. The Bertz CT molecular complexity index is 1090. The van der Waals surface area contributed by atoms with Crippen LogP contribution in [0.15, 0.2) is 29.8 Å². The van der Waals surface area contributed by atoms with Crippen LogP contribution in [-0.2, 0) is 0 Å². The number of aromatic carboxylic acids is 1. The molecule has 1 aromatic heterocycles. The van der Waals surface area contributed by atoms with Crippen LogP contribution in [0.1, 0.15) is 52.9 Å². The van der Waals surface area contributed by atoms with Gasteiger partial charge in [-0.15, -0.1) is 11.3 Å². The second-order valence-corrected chi connectivity index (χ2v) is 9.95. The number of anilines is 1. The van der Waals surface area contributed by atoms with Gasteiger partial charge in [0.1, 0.15) is 10.9 Å². The predicted octanol–water partition coefficient (Wildman–Crippen LogP) is 4.43. The van der Waals surface area contributed by atoms with Gasteiger partial charge in [-0.3, -0.25) is 0 Å². The van der Waals surface area contributed by atoms with Gasteiger partial charge in [-0.2, -0.15) is 5.26 Å². The van der Waals surface area contributed by atoms with Crippen LogP contribution in [0.4, 0.5) is 5.69 Å². The van der Waals surface area contributed by atoms with E-state index in [-0.39, 0.29) is 0 Å². The number of nitriles is 1. The lowest BCUT2D eigenvalue weighted by Crippen LogP contribution is -2.35. The van der Waals surface area contributed by atoms with Gasteiger partial charge >= 0.3 is 5.97 Å². The van der Waals surface area contributed by atoms with Crippen molar-refractivity contribution in [1.82, 2.24) is 10.2 Å². The molecule has 4 N–H and O–H groups in total. The summed E-state index contributed by atoms with van der Waals surface area (Å²) in [4.78, 5) is 15.8. The fourth-order valence-corrected chi connectivity index (χ4v) is 6.09. The molecule has 168 valence electrons. The monoisotopic (exact) mass is 450 g/mol. The molecule has 0 atom stereocenters. The van der Waals surface area contributed by atoms with E-state index in [0.29, 0.717) is 28.1 Å². The van der Waals surface area contributed by atoms with Gasteiger partial charge in [-0.25, -0.2) is 4.79 Å². The minimum absolute atomic E-state index is 0.385.